The smallest absolute Gasteiger partial charge is 0.246 e. The molecule has 1 aromatic carbocycles. The maximum absolute atomic E-state index is 13.1. The molecule has 2 aliphatic rings. The number of hydrazone groups is 1. The lowest BCUT2D eigenvalue weighted by Gasteiger charge is -2.34. The van der Waals surface area contributed by atoms with E-state index in [-0.39, 0.29) is 23.7 Å². The number of hydrogen-bond donors (Lipinski definition) is 0. The molecule has 1 aromatic heterocycles. The van der Waals surface area contributed by atoms with Crippen LogP contribution in [0.1, 0.15) is 36.7 Å². The van der Waals surface area contributed by atoms with Crippen LogP contribution >= 0.6 is 0 Å². The van der Waals surface area contributed by atoms with Crippen molar-refractivity contribution in [1.82, 2.24) is 15.0 Å². The van der Waals surface area contributed by atoms with E-state index in [4.69, 9.17) is 5.26 Å². The number of carbonyl (C=O) groups excluding carboxylic acids is 1. The minimum absolute atomic E-state index is 0.00298. The zero-order valence-electron chi connectivity index (χ0n) is 14.9. The van der Waals surface area contributed by atoms with Gasteiger partial charge in [0.1, 0.15) is 11.9 Å². The molecule has 27 heavy (non-hydrogen) atoms. The van der Waals surface area contributed by atoms with Gasteiger partial charge in [-0.05, 0) is 24.5 Å². The first-order valence-corrected chi connectivity index (χ1v) is 9.15. The molecule has 1 fully saturated rings. The molecule has 0 bridgehead atoms. The van der Waals surface area contributed by atoms with Gasteiger partial charge >= 0.3 is 0 Å². The van der Waals surface area contributed by atoms with E-state index in [1.54, 1.807) is 17.3 Å². The van der Waals surface area contributed by atoms with Gasteiger partial charge in [0.25, 0.3) is 0 Å². The molecular weight excluding hydrogens is 340 g/mol. The lowest BCUT2D eigenvalue weighted by Crippen LogP contribution is -2.41. The fourth-order valence-electron chi connectivity index (χ4n) is 3.70. The highest BCUT2D eigenvalue weighted by Gasteiger charge is 2.34. The second kappa shape index (κ2) is 7.54. The second-order valence-electron chi connectivity index (χ2n) is 6.75. The Labute approximate surface area is 158 Å². The second-order valence-corrected chi connectivity index (χ2v) is 6.75. The Kier molecular flexibility index (Phi) is 4.79. The van der Waals surface area contributed by atoms with E-state index in [1.165, 1.54) is 0 Å². The standard InChI is InChI=1S/C20H20N6O/c21-14-18-22-10-7-19(24-18)25-12-8-16(9-13-25)20(27)26-17(6-11-23-26)15-4-2-1-3-5-15/h1-5,7,10-11,16-17H,6,8-9,12-13H2/t17-/m0/s1. The number of piperidine rings is 1. The predicted molar refractivity (Wildman–Crippen MR) is 101 cm³/mol. The minimum atomic E-state index is -0.0417. The summed E-state index contributed by atoms with van der Waals surface area (Å²) in [5.41, 5.74) is 1.12. The van der Waals surface area contributed by atoms with E-state index in [1.807, 2.05) is 42.6 Å². The fourth-order valence-corrected chi connectivity index (χ4v) is 3.70. The summed E-state index contributed by atoms with van der Waals surface area (Å²) in [6.45, 7) is 1.46. The first-order chi connectivity index (χ1) is 13.3. The zero-order chi connectivity index (χ0) is 18.6. The van der Waals surface area contributed by atoms with Crippen LogP contribution in [0.3, 0.4) is 0 Å². The van der Waals surface area contributed by atoms with Crippen molar-refractivity contribution in [2.75, 3.05) is 18.0 Å². The van der Waals surface area contributed by atoms with Gasteiger partial charge in [-0.25, -0.2) is 15.0 Å². The van der Waals surface area contributed by atoms with E-state index in [2.05, 4.69) is 20.0 Å². The van der Waals surface area contributed by atoms with Gasteiger partial charge in [-0.15, -0.1) is 0 Å². The molecule has 1 amide bonds. The van der Waals surface area contributed by atoms with E-state index >= 15 is 0 Å². The van der Waals surface area contributed by atoms with Crippen molar-refractivity contribution in [2.24, 2.45) is 11.0 Å². The maximum Gasteiger partial charge on any atom is 0.246 e. The van der Waals surface area contributed by atoms with Gasteiger partial charge in [-0.1, -0.05) is 30.3 Å². The van der Waals surface area contributed by atoms with Gasteiger partial charge in [0.2, 0.25) is 11.7 Å². The van der Waals surface area contributed by atoms with E-state index in [9.17, 15) is 4.79 Å². The number of amides is 1. The molecule has 4 rings (SSSR count). The van der Waals surface area contributed by atoms with Crippen LogP contribution in [0.15, 0.2) is 47.7 Å². The van der Waals surface area contributed by atoms with Crippen molar-refractivity contribution in [3.05, 3.63) is 54.0 Å². The van der Waals surface area contributed by atoms with Crippen LogP contribution in [0, 0.1) is 17.2 Å². The van der Waals surface area contributed by atoms with Crippen LogP contribution < -0.4 is 4.90 Å². The zero-order valence-corrected chi connectivity index (χ0v) is 14.9. The SMILES string of the molecule is N#Cc1nccc(N2CCC(C(=O)N3N=CC[C@H]3c3ccccc3)CC2)n1. The molecule has 0 saturated carbocycles. The van der Waals surface area contributed by atoms with Crippen molar-refractivity contribution in [2.45, 2.75) is 25.3 Å². The summed E-state index contributed by atoms with van der Waals surface area (Å²) in [5.74, 6) is 0.967. The number of carbonyl (C=O) groups is 1. The van der Waals surface area contributed by atoms with Crippen LogP contribution in [-0.4, -0.2) is 40.2 Å². The third kappa shape index (κ3) is 3.51. The molecule has 0 N–H and O–H groups in total. The number of anilines is 1. The molecule has 1 saturated heterocycles. The Morgan fingerprint density at radius 3 is 2.67 bits per heavy atom. The molecule has 7 nitrogen and oxygen atoms in total. The quantitative estimate of drug-likeness (QED) is 0.839. The van der Waals surface area contributed by atoms with Gasteiger partial charge < -0.3 is 4.90 Å². The van der Waals surface area contributed by atoms with E-state index in [0.29, 0.717) is 0 Å². The third-order valence-electron chi connectivity index (χ3n) is 5.15. The van der Waals surface area contributed by atoms with Gasteiger partial charge in [0.15, 0.2) is 0 Å². The number of benzene rings is 1. The topological polar surface area (TPSA) is 85.5 Å². The van der Waals surface area contributed by atoms with Gasteiger partial charge in [-0.2, -0.15) is 10.4 Å². The number of nitrogens with zero attached hydrogens (tertiary/aromatic N) is 6. The monoisotopic (exact) mass is 360 g/mol. The lowest BCUT2D eigenvalue weighted by atomic mass is 9.94. The van der Waals surface area contributed by atoms with Crippen molar-refractivity contribution < 1.29 is 4.79 Å². The Bertz CT molecular complexity index is 883. The molecule has 0 radical (unpaired) electrons. The van der Waals surface area contributed by atoms with Crippen LogP contribution in [0.5, 0.6) is 0 Å². The average Bonchev–Trinajstić information content (AvgIpc) is 3.24. The van der Waals surface area contributed by atoms with Crippen LogP contribution in [0.2, 0.25) is 0 Å². The van der Waals surface area contributed by atoms with Crippen LogP contribution in [-0.2, 0) is 4.79 Å². The molecule has 2 aliphatic heterocycles. The summed E-state index contributed by atoms with van der Waals surface area (Å²) in [4.78, 5) is 23.3. The Morgan fingerprint density at radius 2 is 1.93 bits per heavy atom. The first kappa shape index (κ1) is 17.2. The molecule has 136 valence electrons. The molecule has 3 heterocycles. The fraction of sp³-hybridized carbons (Fsp3) is 0.350. The van der Waals surface area contributed by atoms with Crippen molar-refractivity contribution in [1.29, 1.82) is 5.26 Å². The van der Waals surface area contributed by atoms with Crippen LogP contribution in [0.4, 0.5) is 5.82 Å². The van der Waals surface area contributed by atoms with Crippen molar-refractivity contribution in [3.8, 4) is 6.07 Å². The van der Waals surface area contributed by atoms with E-state index in [0.717, 1.165) is 43.7 Å². The third-order valence-corrected chi connectivity index (χ3v) is 5.15. The summed E-state index contributed by atoms with van der Waals surface area (Å²) < 4.78 is 0. The Balaban J connectivity index is 1.41. The number of rotatable bonds is 3. The first-order valence-electron chi connectivity index (χ1n) is 9.15. The molecular formula is C20H20N6O. The number of aromatic nitrogens is 2. The number of nitriles is 1. The normalized spacial score (nSPS) is 19.9. The highest BCUT2D eigenvalue weighted by atomic mass is 16.2. The summed E-state index contributed by atoms with van der Waals surface area (Å²) in [7, 11) is 0. The highest BCUT2D eigenvalue weighted by molar-refractivity contribution is 5.82. The lowest BCUT2D eigenvalue weighted by molar-refractivity contribution is -0.138. The van der Waals surface area contributed by atoms with Gasteiger partial charge in [-0.3, -0.25) is 4.79 Å². The summed E-state index contributed by atoms with van der Waals surface area (Å²) in [5, 5.41) is 15.0. The molecule has 0 spiro atoms. The summed E-state index contributed by atoms with van der Waals surface area (Å²) >= 11 is 0. The summed E-state index contributed by atoms with van der Waals surface area (Å²) in [6, 6.07) is 13.8. The Hall–Kier alpha value is -3.27. The van der Waals surface area contributed by atoms with Gasteiger partial charge in [0.05, 0.1) is 6.04 Å². The molecule has 0 aliphatic carbocycles. The summed E-state index contributed by atoms with van der Waals surface area (Å²) in [6.07, 6.45) is 5.68. The molecule has 2 aromatic rings. The Morgan fingerprint density at radius 1 is 1.15 bits per heavy atom. The van der Waals surface area contributed by atoms with Crippen molar-refractivity contribution >= 4 is 17.9 Å². The minimum Gasteiger partial charge on any atom is -0.356 e. The van der Waals surface area contributed by atoms with Gasteiger partial charge in [0, 0.05) is 37.8 Å². The molecule has 1 atom stereocenters. The molecule has 7 heteroatoms. The highest BCUT2D eigenvalue weighted by Crippen LogP contribution is 2.32. The van der Waals surface area contributed by atoms with E-state index < -0.39 is 0 Å². The predicted octanol–water partition coefficient (Wildman–Crippen LogP) is 2.52. The largest absolute Gasteiger partial charge is 0.356 e. The van der Waals surface area contributed by atoms with Crippen LogP contribution in [0.25, 0.3) is 0 Å². The molecule has 0 unspecified atom stereocenters. The maximum atomic E-state index is 13.1. The van der Waals surface area contributed by atoms with Crippen molar-refractivity contribution in [3.63, 3.8) is 0 Å². The average molecular weight is 360 g/mol. The number of hydrogen-bond acceptors (Lipinski definition) is 6.